The van der Waals surface area contributed by atoms with Crippen molar-refractivity contribution in [2.24, 2.45) is 4.99 Å². The number of hydrogen-bond acceptors (Lipinski definition) is 8. The quantitative estimate of drug-likeness (QED) is 0.231. The van der Waals surface area contributed by atoms with Gasteiger partial charge < -0.3 is 25.6 Å². The molecule has 2 heterocycles. The number of carbonyl (C=O) groups is 2. The van der Waals surface area contributed by atoms with Crippen molar-refractivity contribution in [3.05, 3.63) is 88.5 Å². The molecule has 0 saturated heterocycles. The van der Waals surface area contributed by atoms with Gasteiger partial charge in [-0.25, -0.2) is 0 Å². The Morgan fingerprint density at radius 3 is 2.59 bits per heavy atom. The lowest BCUT2D eigenvalue weighted by atomic mass is 10.00. The molecular weight excluding hydrogens is 548 g/mol. The Labute approximate surface area is 240 Å². The van der Waals surface area contributed by atoms with Crippen LogP contribution in [-0.2, 0) is 9.59 Å². The van der Waals surface area contributed by atoms with Crippen molar-refractivity contribution in [1.82, 2.24) is 20.1 Å². The smallest absolute Gasteiger partial charge is 0.262 e. The summed E-state index contributed by atoms with van der Waals surface area (Å²) in [5.41, 5.74) is 2.83. The molecule has 2 amide bonds. The number of aromatic hydroxyl groups is 2. The Balaban J connectivity index is 1.51. The van der Waals surface area contributed by atoms with E-state index >= 15 is 0 Å². The highest BCUT2D eigenvalue weighted by atomic mass is 35.5. The van der Waals surface area contributed by atoms with Crippen molar-refractivity contribution in [3.8, 4) is 22.9 Å². The van der Waals surface area contributed by atoms with E-state index in [4.69, 9.17) is 21.3 Å². The maximum absolute atomic E-state index is 12.6. The molecule has 41 heavy (non-hydrogen) atoms. The van der Waals surface area contributed by atoms with Crippen molar-refractivity contribution in [2.75, 3.05) is 18.5 Å². The Morgan fingerprint density at radius 2 is 1.83 bits per heavy atom. The minimum absolute atomic E-state index is 0.0615. The van der Waals surface area contributed by atoms with Crippen LogP contribution in [0.4, 0.5) is 5.69 Å². The van der Waals surface area contributed by atoms with Crippen LogP contribution in [0.1, 0.15) is 42.2 Å². The van der Waals surface area contributed by atoms with Crippen molar-refractivity contribution >= 4 is 34.8 Å². The van der Waals surface area contributed by atoms with E-state index in [9.17, 15) is 19.8 Å². The van der Waals surface area contributed by atoms with Gasteiger partial charge in [0.05, 0.1) is 23.5 Å². The fourth-order valence-corrected chi connectivity index (χ4v) is 4.68. The zero-order valence-electron chi connectivity index (χ0n) is 22.3. The van der Waals surface area contributed by atoms with Crippen molar-refractivity contribution in [3.63, 3.8) is 0 Å². The van der Waals surface area contributed by atoms with E-state index in [0.29, 0.717) is 40.2 Å². The zero-order chi connectivity index (χ0) is 29.1. The maximum atomic E-state index is 12.6. The van der Waals surface area contributed by atoms with E-state index in [0.717, 1.165) is 11.3 Å². The summed E-state index contributed by atoms with van der Waals surface area (Å²) in [6.07, 6.45) is 0.0719. The molecule has 4 aromatic rings. The predicted molar refractivity (Wildman–Crippen MR) is 153 cm³/mol. The third-order valence-electron chi connectivity index (χ3n) is 6.43. The summed E-state index contributed by atoms with van der Waals surface area (Å²) in [5, 5.41) is 34.2. The molecule has 1 unspecified atom stereocenters. The molecule has 1 atom stereocenters. The van der Waals surface area contributed by atoms with Crippen LogP contribution in [0.5, 0.6) is 17.2 Å². The van der Waals surface area contributed by atoms with Gasteiger partial charge in [-0.3, -0.25) is 19.1 Å². The highest BCUT2D eigenvalue weighted by molar-refractivity contribution is 6.30. The van der Waals surface area contributed by atoms with Crippen LogP contribution in [0, 0.1) is 6.92 Å². The number of carbonyl (C=O) groups excluding carboxylic acids is 2. The van der Waals surface area contributed by atoms with Gasteiger partial charge in [0.1, 0.15) is 17.6 Å². The molecule has 0 bridgehead atoms. The Bertz CT molecular complexity index is 1650. The number of aliphatic imine (C=N–C) groups is 1. The topological polar surface area (TPSA) is 151 Å². The maximum Gasteiger partial charge on any atom is 0.262 e. The summed E-state index contributed by atoms with van der Waals surface area (Å²) in [7, 11) is 0. The lowest BCUT2D eigenvalue weighted by Gasteiger charge is -2.15. The molecule has 12 heteroatoms. The first-order valence-electron chi connectivity index (χ1n) is 12.9. The number of ether oxygens (including phenoxy) is 1. The number of benzene rings is 3. The second-order valence-electron chi connectivity index (χ2n) is 9.29. The summed E-state index contributed by atoms with van der Waals surface area (Å²) in [4.78, 5) is 30.2. The van der Waals surface area contributed by atoms with E-state index in [2.05, 4.69) is 20.8 Å². The van der Waals surface area contributed by atoms with Crippen LogP contribution in [-0.4, -0.2) is 55.7 Å². The SMILES string of the molecule is CCNC(=O)CC1N=C(c2ccc(Cl)cc2)c2cc(OCC(=O)Nc3cccc(O)c3O)ccc2-n2c(C)nnc21. The van der Waals surface area contributed by atoms with Gasteiger partial charge in [0.15, 0.2) is 23.9 Å². The fraction of sp³-hybridized carbons (Fsp3) is 0.207. The van der Waals surface area contributed by atoms with Crippen LogP contribution in [0.25, 0.3) is 5.69 Å². The molecule has 11 nitrogen and oxygen atoms in total. The van der Waals surface area contributed by atoms with Crippen molar-refractivity contribution in [1.29, 1.82) is 0 Å². The number of nitrogens with zero attached hydrogens (tertiary/aromatic N) is 4. The molecule has 1 aliphatic heterocycles. The molecule has 0 saturated carbocycles. The minimum atomic E-state index is -0.619. The molecule has 1 aromatic heterocycles. The monoisotopic (exact) mass is 574 g/mol. The normalized spacial score (nSPS) is 13.8. The first-order valence-corrected chi connectivity index (χ1v) is 13.2. The number of rotatable bonds is 8. The number of fused-ring (bicyclic) bond motifs is 3. The molecule has 1 aliphatic rings. The van der Waals surface area contributed by atoms with Crippen LogP contribution in [0.15, 0.2) is 65.7 Å². The van der Waals surface area contributed by atoms with Gasteiger partial charge in [0.2, 0.25) is 5.91 Å². The first kappa shape index (κ1) is 27.7. The highest BCUT2D eigenvalue weighted by Crippen LogP contribution is 2.35. The Hall–Kier alpha value is -4.90. The van der Waals surface area contributed by atoms with Gasteiger partial charge in [-0.1, -0.05) is 29.8 Å². The van der Waals surface area contributed by atoms with Crippen LogP contribution < -0.4 is 15.4 Å². The molecule has 4 N–H and O–H groups in total. The fourth-order valence-electron chi connectivity index (χ4n) is 4.55. The Kier molecular flexibility index (Phi) is 7.88. The van der Waals surface area contributed by atoms with E-state index in [-0.39, 0.29) is 30.4 Å². The minimum Gasteiger partial charge on any atom is -0.504 e. The van der Waals surface area contributed by atoms with Gasteiger partial charge in [-0.15, -0.1) is 10.2 Å². The number of aromatic nitrogens is 3. The highest BCUT2D eigenvalue weighted by Gasteiger charge is 2.30. The summed E-state index contributed by atoms with van der Waals surface area (Å²) < 4.78 is 7.67. The number of anilines is 1. The number of amides is 2. The van der Waals surface area contributed by atoms with E-state index < -0.39 is 17.7 Å². The lowest BCUT2D eigenvalue weighted by molar-refractivity contribution is -0.121. The number of para-hydroxylation sites is 1. The summed E-state index contributed by atoms with van der Waals surface area (Å²) in [5.74, 6) is 0.0467. The summed E-state index contributed by atoms with van der Waals surface area (Å²) in [6, 6.07) is 16.1. The Morgan fingerprint density at radius 1 is 1.05 bits per heavy atom. The number of halogens is 1. The second-order valence-corrected chi connectivity index (χ2v) is 9.72. The molecular formula is C29H27ClN6O5. The molecule has 3 aromatic carbocycles. The van der Waals surface area contributed by atoms with E-state index in [1.165, 1.54) is 18.2 Å². The predicted octanol–water partition coefficient (Wildman–Crippen LogP) is 4.08. The molecule has 0 aliphatic carbocycles. The second kappa shape index (κ2) is 11.7. The average Bonchev–Trinajstić information content (AvgIpc) is 3.27. The van der Waals surface area contributed by atoms with Crippen LogP contribution >= 0.6 is 11.6 Å². The van der Waals surface area contributed by atoms with Crippen LogP contribution in [0.2, 0.25) is 5.02 Å². The first-order chi connectivity index (χ1) is 19.7. The summed E-state index contributed by atoms with van der Waals surface area (Å²) in [6.45, 7) is 3.80. The summed E-state index contributed by atoms with van der Waals surface area (Å²) >= 11 is 6.16. The van der Waals surface area contributed by atoms with Gasteiger partial charge in [-0.05, 0) is 56.3 Å². The van der Waals surface area contributed by atoms with E-state index in [1.807, 2.05) is 36.6 Å². The number of phenolic OH excluding ortho intramolecular Hbond substituents is 2. The van der Waals surface area contributed by atoms with E-state index in [1.54, 1.807) is 24.3 Å². The van der Waals surface area contributed by atoms with Gasteiger partial charge in [0.25, 0.3) is 5.91 Å². The number of nitrogens with one attached hydrogen (secondary N) is 2. The number of phenols is 2. The standard InChI is InChI=1S/C29H27ClN6O5/c1-3-31-25(38)14-22-29-35-34-16(2)36(29)23-12-11-19(13-20(23)27(33-22)17-7-9-18(30)10-8-17)41-15-26(39)32-21-5-4-6-24(37)28(21)40/h4-13,22,37,40H,3,14-15H2,1-2H3,(H,31,38)(H,32,39). The largest absolute Gasteiger partial charge is 0.504 e. The van der Waals surface area contributed by atoms with Gasteiger partial charge in [0, 0.05) is 22.7 Å². The molecule has 0 radical (unpaired) electrons. The van der Waals surface area contributed by atoms with Gasteiger partial charge in [-0.2, -0.15) is 0 Å². The lowest BCUT2D eigenvalue weighted by Crippen LogP contribution is -2.25. The number of hydrogen-bond donors (Lipinski definition) is 4. The number of aryl methyl sites for hydroxylation is 1. The average molecular weight is 575 g/mol. The van der Waals surface area contributed by atoms with Crippen LogP contribution in [0.3, 0.4) is 0 Å². The molecule has 5 rings (SSSR count). The van der Waals surface area contributed by atoms with Gasteiger partial charge >= 0.3 is 0 Å². The molecule has 210 valence electrons. The third kappa shape index (κ3) is 5.85. The van der Waals surface area contributed by atoms with Crippen molar-refractivity contribution < 1.29 is 24.5 Å². The molecule has 0 fully saturated rings. The third-order valence-corrected chi connectivity index (χ3v) is 6.68. The molecule has 0 spiro atoms. The van der Waals surface area contributed by atoms with Crippen molar-refractivity contribution in [2.45, 2.75) is 26.3 Å². The zero-order valence-corrected chi connectivity index (χ0v) is 23.0.